The summed E-state index contributed by atoms with van der Waals surface area (Å²) in [6, 6.07) is 11.8. The number of halogens is 1. The largest absolute Gasteiger partial charge is 0.494 e. The molecule has 2 heterocycles. The minimum Gasteiger partial charge on any atom is -0.494 e. The quantitative estimate of drug-likeness (QED) is 0.702. The highest BCUT2D eigenvalue weighted by atomic mass is 79.9. The Morgan fingerprint density at radius 2 is 2.05 bits per heavy atom. The normalized spacial score (nSPS) is 13.7. The number of fused-ring (bicyclic) bond motifs is 2. The van der Waals surface area contributed by atoms with Crippen molar-refractivity contribution in [3.63, 3.8) is 0 Å². The van der Waals surface area contributed by atoms with Gasteiger partial charge in [-0.2, -0.15) is 10.2 Å². The van der Waals surface area contributed by atoms with E-state index in [4.69, 9.17) is 0 Å². The van der Waals surface area contributed by atoms with Crippen LogP contribution in [0.1, 0.15) is 11.1 Å². The SMILES string of the molecule is Oc1[nH]c2ccc(Br)cc2c1C=c1ccc2c(c1)C=NN=2. The van der Waals surface area contributed by atoms with E-state index in [1.807, 2.05) is 42.5 Å². The fourth-order valence-corrected chi connectivity index (χ4v) is 2.86. The number of aromatic nitrogens is 1. The van der Waals surface area contributed by atoms with E-state index in [2.05, 4.69) is 31.1 Å². The molecule has 1 aliphatic heterocycles. The first-order chi connectivity index (χ1) is 10.2. The van der Waals surface area contributed by atoms with Gasteiger partial charge in [0.2, 0.25) is 0 Å². The van der Waals surface area contributed by atoms with Crippen molar-refractivity contribution in [2.24, 2.45) is 10.2 Å². The second kappa shape index (κ2) is 4.56. The van der Waals surface area contributed by atoms with Crippen molar-refractivity contribution in [3.8, 4) is 5.88 Å². The molecule has 0 aliphatic carbocycles. The average Bonchev–Trinajstić information content (AvgIpc) is 3.04. The molecular weight excluding hydrogens is 330 g/mol. The molecule has 2 aromatic carbocycles. The first-order valence-corrected chi connectivity index (χ1v) is 7.23. The highest BCUT2D eigenvalue weighted by molar-refractivity contribution is 9.10. The van der Waals surface area contributed by atoms with E-state index in [9.17, 15) is 5.11 Å². The first kappa shape index (κ1) is 12.3. The summed E-state index contributed by atoms with van der Waals surface area (Å²) in [5, 5.41) is 20.9. The van der Waals surface area contributed by atoms with Crippen LogP contribution < -0.4 is 10.6 Å². The topological polar surface area (TPSA) is 60.7 Å². The van der Waals surface area contributed by atoms with Crippen molar-refractivity contribution in [1.82, 2.24) is 4.98 Å². The van der Waals surface area contributed by atoms with Crippen molar-refractivity contribution < 1.29 is 5.11 Å². The van der Waals surface area contributed by atoms with Crippen LogP contribution >= 0.6 is 15.9 Å². The Kier molecular flexibility index (Phi) is 2.68. The molecular formula is C16H10BrN3O. The third-order valence-corrected chi connectivity index (χ3v) is 4.00. The van der Waals surface area contributed by atoms with Gasteiger partial charge in [-0.1, -0.05) is 22.0 Å². The van der Waals surface area contributed by atoms with Gasteiger partial charge in [0.05, 0.1) is 11.6 Å². The van der Waals surface area contributed by atoms with Crippen LogP contribution in [0.15, 0.2) is 51.1 Å². The van der Waals surface area contributed by atoms with E-state index in [1.165, 1.54) is 0 Å². The molecule has 0 unspecified atom stereocenters. The molecule has 0 radical (unpaired) electrons. The molecule has 1 aromatic heterocycles. The standard InChI is InChI=1S/C16H10BrN3O/c17-11-2-4-15-12(7-11)13(16(21)19-15)6-9-1-3-14-10(5-9)8-18-20-14/h1-8,19,21H. The highest BCUT2D eigenvalue weighted by Gasteiger charge is 2.09. The maximum atomic E-state index is 10.1. The predicted octanol–water partition coefficient (Wildman–Crippen LogP) is 2.43. The molecule has 3 aromatic rings. The summed E-state index contributed by atoms with van der Waals surface area (Å²) in [5.74, 6) is 0.168. The number of H-pyrrole nitrogens is 1. The second-order valence-electron chi connectivity index (χ2n) is 4.88. The van der Waals surface area contributed by atoms with Gasteiger partial charge in [0.15, 0.2) is 5.88 Å². The molecule has 0 bridgehead atoms. The maximum Gasteiger partial charge on any atom is 0.196 e. The molecule has 0 atom stereocenters. The van der Waals surface area contributed by atoms with Gasteiger partial charge in [0.25, 0.3) is 0 Å². The van der Waals surface area contributed by atoms with Crippen LogP contribution in [-0.2, 0) is 0 Å². The predicted molar refractivity (Wildman–Crippen MR) is 86.0 cm³/mol. The third-order valence-electron chi connectivity index (χ3n) is 3.50. The average molecular weight is 340 g/mol. The van der Waals surface area contributed by atoms with Crippen LogP contribution in [0.25, 0.3) is 17.0 Å². The van der Waals surface area contributed by atoms with Crippen molar-refractivity contribution in [2.75, 3.05) is 0 Å². The van der Waals surface area contributed by atoms with Crippen LogP contribution in [0.3, 0.4) is 0 Å². The van der Waals surface area contributed by atoms with Crippen LogP contribution in [0.4, 0.5) is 0 Å². The molecule has 5 heteroatoms. The summed E-state index contributed by atoms with van der Waals surface area (Å²) in [6.45, 7) is 0. The summed E-state index contributed by atoms with van der Waals surface area (Å²) in [4.78, 5) is 2.99. The Balaban J connectivity index is 1.97. The van der Waals surface area contributed by atoms with E-state index in [-0.39, 0.29) is 5.88 Å². The molecule has 0 fully saturated rings. The van der Waals surface area contributed by atoms with Crippen molar-refractivity contribution in [1.29, 1.82) is 0 Å². The fraction of sp³-hybridized carbons (Fsp3) is 0. The van der Waals surface area contributed by atoms with E-state index >= 15 is 0 Å². The lowest BCUT2D eigenvalue weighted by molar-refractivity contribution is 0.457. The van der Waals surface area contributed by atoms with Crippen molar-refractivity contribution in [2.45, 2.75) is 0 Å². The number of benzene rings is 2. The number of hydrogen-bond donors (Lipinski definition) is 2. The van der Waals surface area contributed by atoms with Crippen molar-refractivity contribution >= 4 is 39.1 Å². The zero-order valence-corrected chi connectivity index (χ0v) is 12.4. The number of aromatic hydroxyl groups is 1. The summed E-state index contributed by atoms with van der Waals surface area (Å²) in [7, 11) is 0. The zero-order chi connectivity index (χ0) is 14.4. The van der Waals surface area contributed by atoms with Gasteiger partial charge >= 0.3 is 0 Å². The molecule has 2 N–H and O–H groups in total. The van der Waals surface area contributed by atoms with E-state index < -0.39 is 0 Å². The maximum absolute atomic E-state index is 10.1. The Morgan fingerprint density at radius 3 is 2.95 bits per heavy atom. The molecule has 4 nitrogen and oxygen atoms in total. The zero-order valence-electron chi connectivity index (χ0n) is 10.8. The minimum absolute atomic E-state index is 0.168. The van der Waals surface area contributed by atoms with E-state index in [0.717, 1.165) is 37.1 Å². The van der Waals surface area contributed by atoms with Crippen LogP contribution in [0.5, 0.6) is 5.88 Å². The van der Waals surface area contributed by atoms with Gasteiger partial charge in [0, 0.05) is 26.5 Å². The molecule has 102 valence electrons. The number of nitrogens with one attached hydrogen (secondary N) is 1. The summed E-state index contributed by atoms with van der Waals surface area (Å²) in [5.41, 5.74) is 2.67. The molecule has 4 rings (SSSR count). The Morgan fingerprint density at radius 1 is 1.14 bits per heavy atom. The summed E-state index contributed by atoms with van der Waals surface area (Å²) in [6.07, 6.45) is 3.69. The van der Waals surface area contributed by atoms with Crippen LogP contribution in [0.2, 0.25) is 0 Å². The first-order valence-electron chi connectivity index (χ1n) is 6.44. The number of aromatic amines is 1. The molecule has 21 heavy (non-hydrogen) atoms. The lowest BCUT2D eigenvalue weighted by Gasteiger charge is -1.95. The van der Waals surface area contributed by atoms with Gasteiger partial charge in [-0.15, -0.1) is 0 Å². The highest BCUT2D eigenvalue weighted by Crippen LogP contribution is 2.29. The monoisotopic (exact) mass is 339 g/mol. The number of rotatable bonds is 1. The number of nitrogens with zero attached hydrogens (tertiary/aromatic N) is 2. The molecule has 0 saturated heterocycles. The molecule has 1 aliphatic rings. The van der Waals surface area contributed by atoms with Gasteiger partial charge in [-0.05, 0) is 41.6 Å². The third kappa shape index (κ3) is 2.06. The van der Waals surface area contributed by atoms with Gasteiger partial charge in [-0.3, -0.25) is 0 Å². The smallest absolute Gasteiger partial charge is 0.196 e. The van der Waals surface area contributed by atoms with Crippen LogP contribution in [-0.4, -0.2) is 16.3 Å². The van der Waals surface area contributed by atoms with Crippen molar-refractivity contribution in [3.05, 3.63) is 62.6 Å². The lowest BCUT2D eigenvalue weighted by Crippen LogP contribution is -2.11. The van der Waals surface area contributed by atoms with Gasteiger partial charge < -0.3 is 10.1 Å². The fourth-order valence-electron chi connectivity index (χ4n) is 2.49. The number of hydrogen-bond acceptors (Lipinski definition) is 3. The van der Waals surface area contributed by atoms with E-state index in [1.54, 1.807) is 6.21 Å². The summed E-state index contributed by atoms with van der Waals surface area (Å²) < 4.78 is 0.975. The molecule has 0 amide bonds. The molecule has 0 spiro atoms. The molecule has 0 saturated carbocycles. The Labute approximate surface area is 128 Å². The lowest BCUT2D eigenvalue weighted by atomic mass is 10.1. The minimum atomic E-state index is 0.168. The van der Waals surface area contributed by atoms with Crippen LogP contribution in [0, 0.1) is 0 Å². The summed E-state index contributed by atoms with van der Waals surface area (Å²) >= 11 is 3.46. The Hall–Kier alpha value is -2.40. The van der Waals surface area contributed by atoms with Gasteiger partial charge in [-0.25, -0.2) is 0 Å². The Bertz CT molecular complexity index is 1020. The second-order valence-corrected chi connectivity index (χ2v) is 5.80. The van der Waals surface area contributed by atoms with Gasteiger partial charge in [0.1, 0.15) is 0 Å². The van der Waals surface area contributed by atoms with E-state index in [0.29, 0.717) is 0 Å².